The number of carboxylic acid groups (broad SMARTS) is 1. The van der Waals surface area contributed by atoms with E-state index in [4.69, 9.17) is 9.47 Å². The molecule has 2 aromatic rings. The Morgan fingerprint density at radius 3 is 2.71 bits per heavy atom. The van der Waals surface area contributed by atoms with Crippen molar-refractivity contribution in [3.05, 3.63) is 53.3 Å². The van der Waals surface area contributed by atoms with Crippen LogP contribution in [0.1, 0.15) is 24.0 Å². The molecule has 2 aromatic carbocycles. The lowest BCUT2D eigenvalue weighted by molar-refractivity contribution is -0.144. The maximum absolute atomic E-state index is 14.2. The van der Waals surface area contributed by atoms with Gasteiger partial charge in [0.1, 0.15) is 11.4 Å². The van der Waals surface area contributed by atoms with Gasteiger partial charge in [-0.25, -0.2) is 4.39 Å². The fourth-order valence-electron chi connectivity index (χ4n) is 5.74. The molecule has 0 radical (unpaired) electrons. The summed E-state index contributed by atoms with van der Waals surface area (Å²) in [7, 11) is 0. The molecular formula is C24H20FN3O7. The van der Waals surface area contributed by atoms with Crippen molar-refractivity contribution in [1.82, 2.24) is 10.2 Å². The van der Waals surface area contributed by atoms with Crippen LogP contribution in [0.2, 0.25) is 0 Å². The number of carbonyl (C=O) groups is 4. The quantitative estimate of drug-likeness (QED) is 0.545. The number of anilines is 1. The molecule has 4 aliphatic heterocycles. The van der Waals surface area contributed by atoms with E-state index in [-0.39, 0.29) is 31.7 Å². The zero-order chi connectivity index (χ0) is 24.5. The molecule has 3 amide bonds. The van der Waals surface area contributed by atoms with E-state index in [9.17, 15) is 28.7 Å². The minimum absolute atomic E-state index is 0.0209. The van der Waals surface area contributed by atoms with E-state index >= 15 is 0 Å². The number of carbonyl (C=O) groups excluding carboxylic acids is 3. The van der Waals surface area contributed by atoms with Gasteiger partial charge in [-0.3, -0.25) is 29.4 Å². The van der Waals surface area contributed by atoms with Gasteiger partial charge in [-0.2, -0.15) is 0 Å². The molecule has 180 valence electrons. The smallest absolute Gasteiger partial charge is 0.303 e. The molecule has 10 nitrogen and oxygen atoms in total. The highest BCUT2D eigenvalue weighted by Crippen LogP contribution is 2.53. The van der Waals surface area contributed by atoms with Crippen LogP contribution in [0.3, 0.4) is 0 Å². The first-order valence-electron chi connectivity index (χ1n) is 11.1. The fraction of sp³-hybridized carbons (Fsp3) is 0.333. The molecule has 4 atom stereocenters. The molecule has 0 aliphatic carbocycles. The van der Waals surface area contributed by atoms with Crippen LogP contribution >= 0.6 is 0 Å². The van der Waals surface area contributed by atoms with Gasteiger partial charge in [0.15, 0.2) is 11.5 Å². The topological polar surface area (TPSA) is 134 Å². The number of halogens is 1. The highest BCUT2D eigenvalue weighted by atomic mass is 19.1. The van der Waals surface area contributed by atoms with Gasteiger partial charge in [-0.15, -0.1) is 0 Å². The van der Waals surface area contributed by atoms with Gasteiger partial charge in [0.2, 0.25) is 24.5 Å². The van der Waals surface area contributed by atoms with Gasteiger partial charge in [-0.05, 0) is 42.3 Å². The summed E-state index contributed by atoms with van der Waals surface area (Å²) in [6.45, 7) is 0.0235. The predicted octanol–water partition coefficient (Wildman–Crippen LogP) is 1.34. The van der Waals surface area contributed by atoms with Crippen molar-refractivity contribution in [2.45, 2.75) is 31.0 Å². The molecule has 3 N–H and O–H groups in total. The van der Waals surface area contributed by atoms with E-state index < -0.39 is 52.9 Å². The Labute approximate surface area is 198 Å². The van der Waals surface area contributed by atoms with Crippen molar-refractivity contribution >= 4 is 29.4 Å². The summed E-state index contributed by atoms with van der Waals surface area (Å²) in [4.78, 5) is 53.0. The highest BCUT2D eigenvalue weighted by molar-refractivity contribution is 6.15. The normalized spacial score (nSPS) is 28.0. The van der Waals surface area contributed by atoms with Crippen LogP contribution in [0.5, 0.6) is 11.5 Å². The molecule has 2 saturated heterocycles. The van der Waals surface area contributed by atoms with Gasteiger partial charge in [0.25, 0.3) is 0 Å². The molecule has 35 heavy (non-hydrogen) atoms. The Morgan fingerprint density at radius 1 is 1.11 bits per heavy atom. The number of imide groups is 1. The molecule has 2 unspecified atom stereocenters. The Balaban J connectivity index is 1.40. The number of ether oxygens (including phenoxy) is 2. The Morgan fingerprint density at radius 2 is 1.91 bits per heavy atom. The number of amides is 3. The van der Waals surface area contributed by atoms with Crippen molar-refractivity contribution < 1.29 is 38.1 Å². The van der Waals surface area contributed by atoms with E-state index in [0.717, 1.165) is 4.90 Å². The van der Waals surface area contributed by atoms with Crippen molar-refractivity contribution in [3.63, 3.8) is 0 Å². The van der Waals surface area contributed by atoms with Gasteiger partial charge in [0.05, 0.1) is 18.4 Å². The zero-order valence-electron chi connectivity index (χ0n) is 18.2. The molecule has 6 rings (SSSR count). The van der Waals surface area contributed by atoms with Crippen molar-refractivity contribution in [3.8, 4) is 11.5 Å². The average Bonchev–Trinajstić information content (AvgIpc) is 3.55. The lowest BCUT2D eigenvalue weighted by atomic mass is 9.76. The second kappa shape index (κ2) is 7.51. The molecular weight excluding hydrogens is 461 g/mol. The lowest BCUT2D eigenvalue weighted by Crippen LogP contribution is -2.53. The molecule has 4 heterocycles. The number of aliphatic carboxylic acids is 1. The standard InChI is InChI=1S/C24H20FN3O7/c25-12-2-3-14-13(8-12)24(23(33)26-14)20-19(15(27-24)4-6-18(29)30)21(31)28(22(20)32)9-11-1-5-16-17(7-11)35-10-34-16/h1-3,5,7-8,15,19-20,27H,4,6,9-10H2,(H,26,33)(H,29,30)/t15?,19-,20+,24?/m0/s1. The molecule has 2 fully saturated rings. The van der Waals surface area contributed by atoms with Gasteiger partial charge < -0.3 is 19.9 Å². The van der Waals surface area contributed by atoms with Crippen LogP contribution in [0.15, 0.2) is 36.4 Å². The van der Waals surface area contributed by atoms with Crippen LogP contribution in [0, 0.1) is 17.7 Å². The predicted molar refractivity (Wildman–Crippen MR) is 116 cm³/mol. The first-order chi connectivity index (χ1) is 16.8. The molecule has 4 aliphatic rings. The molecule has 11 heteroatoms. The second-order valence-corrected chi connectivity index (χ2v) is 9.09. The number of fused-ring (bicyclic) bond motifs is 5. The molecule has 0 saturated carbocycles. The largest absolute Gasteiger partial charge is 0.481 e. The summed E-state index contributed by atoms with van der Waals surface area (Å²) < 4.78 is 24.9. The van der Waals surface area contributed by atoms with Gasteiger partial charge in [-0.1, -0.05) is 6.07 Å². The van der Waals surface area contributed by atoms with E-state index in [2.05, 4.69) is 10.6 Å². The summed E-state index contributed by atoms with van der Waals surface area (Å²) in [6, 6.07) is 8.09. The first-order valence-corrected chi connectivity index (χ1v) is 11.1. The molecule has 0 bridgehead atoms. The van der Waals surface area contributed by atoms with E-state index in [1.165, 1.54) is 18.2 Å². The number of benzene rings is 2. The third-order valence-electron chi connectivity index (χ3n) is 7.22. The van der Waals surface area contributed by atoms with Crippen LogP contribution in [-0.2, 0) is 31.3 Å². The summed E-state index contributed by atoms with van der Waals surface area (Å²) in [5.74, 6) is -4.38. The maximum Gasteiger partial charge on any atom is 0.303 e. The first kappa shape index (κ1) is 21.5. The monoisotopic (exact) mass is 481 g/mol. The number of nitrogens with one attached hydrogen (secondary N) is 2. The summed E-state index contributed by atoms with van der Waals surface area (Å²) in [6.07, 6.45) is -0.245. The van der Waals surface area contributed by atoms with Crippen molar-refractivity contribution in [2.24, 2.45) is 11.8 Å². The van der Waals surface area contributed by atoms with Crippen LogP contribution in [-0.4, -0.2) is 46.5 Å². The second-order valence-electron chi connectivity index (χ2n) is 9.09. The third kappa shape index (κ3) is 3.04. The number of carboxylic acids is 1. The Bertz CT molecular complexity index is 1310. The van der Waals surface area contributed by atoms with Crippen LogP contribution in [0.4, 0.5) is 10.1 Å². The average molecular weight is 481 g/mol. The highest BCUT2D eigenvalue weighted by Gasteiger charge is 2.70. The number of rotatable bonds is 5. The van der Waals surface area contributed by atoms with Gasteiger partial charge in [0, 0.05) is 23.7 Å². The SMILES string of the molecule is O=C(O)CCC1NC2(C(=O)Nc3ccc(F)cc32)[C@H]2C(=O)N(Cc3ccc4c(c3)OCO4)C(=O)[C@@H]12. The third-order valence-corrected chi connectivity index (χ3v) is 7.22. The Kier molecular flexibility index (Phi) is 4.62. The number of nitrogens with zero attached hydrogens (tertiary/aromatic N) is 1. The summed E-state index contributed by atoms with van der Waals surface area (Å²) >= 11 is 0. The van der Waals surface area contributed by atoms with Crippen LogP contribution in [0.25, 0.3) is 0 Å². The fourth-order valence-corrected chi connectivity index (χ4v) is 5.74. The van der Waals surface area contributed by atoms with E-state index in [1.54, 1.807) is 18.2 Å². The molecule has 0 aromatic heterocycles. The lowest BCUT2D eigenvalue weighted by Gasteiger charge is -2.29. The van der Waals surface area contributed by atoms with Gasteiger partial charge >= 0.3 is 5.97 Å². The van der Waals surface area contributed by atoms with Crippen LogP contribution < -0.4 is 20.1 Å². The minimum atomic E-state index is -1.68. The minimum Gasteiger partial charge on any atom is -0.481 e. The maximum atomic E-state index is 14.2. The van der Waals surface area contributed by atoms with Crippen molar-refractivity contribution in [2.75, 3.05) is 12.1 Å². The summed E-state index contributed by atoms with van der Waals surface area (Å²) in [5.41, 5.74) is -0.471. The number of likely N-dealkylation sites (tertiary alicyclic amines) is 1. The number of hydrogen-bond acceptors (Lipinski definition) is 7. The Hall–Kier alpha value is -3.99. The van der Waals surface area contributed by atoms with E-state index in [0.29, 0.717) is 22.7 Å². The molecule has 1 spiro atoms. The summed E-state index contributed by atoms with van der Waals surface area (Å²) in [5, 5.41) is 15.0. The van der Waals surface area contributed by atoms with Crippen molar-refractivity contribution in [1.29, 1.82) is 0 Å². The number of hydrogen-bond donors (Lipinski definition) is 3. The zero-order valence-corrected chi connectivity index (χ0v) is 18.2. The van der Waals surface area contributed by atoms with E-state index in [1.807, 2.05) is 0 Å².